The lowest BCUT2D eigenvalue weighted by atomic mass is 10.1. The summed E-state index contributed by atoms with van der Waals surface area (Å²) in [6.45, 7) is 9.96. The van der Waals surface area contributed by atoms with Gasteiger partial charge in [0.05, 0.1) is 23.3 Å². The average molecular weight is 417 g/mol. The van der Waals surface area contributed by atoms with Crippen molar-refractivity contribution in [1.29, 1.82) is 0 Å². The number of rotatable bonds is 6. The predicted octanol–water partition coefficient (Wildman–Crippen LogP) is 4.65. The number of aromatic carboxylic acids is 2. The number of hydrogen-bond donors (Lipinski definition) is 4. The first kappa shape index (κ1) is 29.0. The Morgan fingerprint density at radius 3 is 1.40 bits per heavy atom. The van der Waals surface area contributed by atoms with Crippen molar-refractivity contribution in [2.75, 3.05) is 0 Å². The summed E-state index contributed by atoms with van der Waals surface area (Å²) in [5.74, 6) is -1.76. The Labute approximate surface area is 178 Å². The van der Waals surface area contributed by atoms with Crippen LogP contribution in [-0.2, 0) is 0 Å². The third kappa shape index (κ3) is 18.2. The molecule has 0 fully saturated rings. The van der Waals surface area contributed by atoms with E-state index in [-0.39, 0.29) is 12.2 Å². The van der Waals surface area contributed by atoms with Gasteiger partial charge in [-0.2, -0.15) is 0 Å². The molecule has 0 spiro atoms. The maximum atomic E-state index is 10.2. The number of carbonyl (C=O) groups is 2. The lowest BCUT2D eigenvalue weighted by Crippen LogP contribution is -2.13. The number of aliphatic hydroxyl groups excluding tert-OH is 2. The van der Waals surface area contributed by atoms with Gasteiger partial charge >= 0.3 is 11.9 Å². The van der Waals surface area contributed by atoms with Gasteiger partial charge in [0.25, 0.3) is 0 Å². The van der Waals surface area contributed by atoms with Gasteiger partial charge in [0.1, 0.15) is 0 Å². The Morgan fingerprint density at radius 2 is 1.20 bits per heavy atom. The van der Waals surface area contributed by atoms with E-state index in [0.717, 1.165) is 12.8 Å². The summed E-state index contributed by atoms with van der Waals surface area (Å²) < 4.78 is 0. The van der Waals surface area contributed by atoms with Crippen LogP contribution in [0.4, 0.5) is 0 Å². The van der Waals surface area contributed by atoms with Crippen molar-refractivity contribution in [2.24, 2.45) is 0 Å². The summed E-state index contributed by atoms with van der Waals surface area (Å²) in [5.41, 5.74) is 2.91. The number of benzene rings is 2. The van der Waals surface area contributed by atoms with E-state index in [9.17, 15) is 9.59 Å². The summed E-state index contributed by atoms with van der Waals surface area (Å²) in [6, 6.07) is 16.6. The fraction of sp³-hybridized carbons (Fsp3) is 0.292. The Bertz CT molecular complexity index is 670. The van der Waals surface area contributed by atoms with E-state index >= 15 is 0 Å². The van der Waals surface area contributed by atoms with Crippen LogP contribution in [0.15, 0.2) is 79.6 Å². The van der Waals surface area contributed by atoms with Crippen LogP contribution in [0, 0.1) is 0 Å². The van der Waals surface area contributed by atoms with Gasteiger partial charge in [0.2, 0.25) is 0 Å². The molecule has 0 aromatic heterocycles. The highest BCUT2D eigenvalue weighted by Gasteiger charge is 2.05. The van der Waals surface area contributed by atoms with Crippen molar-refractivity contribution in [3.05, 3.63) is 90.7 Å². The third-order valence-corrected chi connectivity index (χ3v) is 3.28. The highest BCUT2D eigenvalue weighted by molar-refractivity contribution is 5.87. The molecule has 0 saturated carbocycles. The molecular weight excluding hydrogens is 384 g/mol. The molecule has 2 unspecified atom stereocenters. The maximum Gasteiger partial charge on any atom is 0.335 e. The van der Waals surface area contributed by atoms with E-state index in [1.807, 2.05) is 6.92 Å². The molecule has 0 aliphatic rings. The molecule has 4 N–H and O–H groups in total. The third-order valence-electron chi connectivity index (χ3n) is 3.28. The van der Waals surface area contributed by atoms with E-state index in [1.54, 1.807) is 67.6 Å². The van der Waals surface area contributed by atoms with Gasteiger partial charge in [-0.1, -0.05) is 62.9 Å². The van der Waals surface area contributed by atoms with E-state index < -0.39 is 11.9 Å². The summed E-state index contributed by atoms with van der Waals surface area (Å²) in [7, 11) is 0. The lowest BCUT2D eigenvalue weighted by molar-refractivity contribution is 0.0686. The molecule has 2 aromatic carbocycles. The molecule has 0 amide bonds. The van der Waals surface area contributed by atoms with Crippen molar-refractivity contribution in [1.82, 2.24) is 0 Å². The molecule has 0 bridgehead atoms. The minimum absolute atomic E-state index is 0.310. The quantitative estimate of drug-likeness (QED) is 0.510. The van der Waals surface area contributed by atoms with Gasteiger partial charge < -0.3 is 20.4 Å². The van der Waals surface area contributed by atoms with Crippen LogP contribution >= 0.6 is 0 Å². The summed E-state index contributed by atoms with van der Waals surface area (Å²) in [5, 5.41) is 34.6. The van der Waals surface area contributed by atoms with Gasteiger partial charge in [-0.3, -0.25) is 0 Å². The van der Waals surface area contributed by atoms with Gasteiger partial charge in [-0.25, -0.2) is 9.59 Å². The molecule has 0 aliphatic carbocycles. The molecule has 30 heavy (non-hydrogen) atoms. The van der Waals surface area contributed by atoms with Gasteiger partial charge in [0, 0.05) is 0 Å². The molecule has 2 rings (SSSR count). The highest BCUT2D eigenvalue weighted by Crippen LogP contribution is 2.03. The summed E-state index contributed by atoms with van der Waals surface area (Å²) in [4.78, 5) is 20.4. The van der Waals surface area contributed by atoms with E-state index in [0.29, 0.717) is 17.5 Å². The van der Waals surface area contributed by atoms with Gasteiger partial charge in [-0.15, -0.1) is 5.73 Å². The fourth-order valence-corrected chi connectivity index (χ4v) is 2.01. The van der Waals surface area contributed by atoms with Gasteiger partial charge in [0.15, 0.2) is 0 Å². The second kappa shape index (κ2) is 19.2. The first-order valence-corrected chi connectivity index (χ1v) is 9.41. The van der Waals surface area contributed by atoms with E-state index in [2.05, 4.69) is 18.9 Å². The largest absolute Gasteiger partial charge is 0.478 e. The van der Waals surface area contributed by atoms with Crippen molar-refractivity contribution >= 4 is 11.9 Å². The molecule has 0 saturated heterocycles. The molecule has 164 valence electrons. The molecule has 6 heteroatoms. The zero-order chi connectivity index (χ0) is 23.4. The number of hydrogen-bond acceptors (Lipinski definition) is 4. The topological polar surface area (TPSA) is 115 Å². The zero-order valence-electron chi connectivity index (χ0n) is 17.6. The average Bonchev–Trinajstić information content (AvgIpc) is 2.70. The van der Waals surface area contributed by atoms with E-state index in [1.165, 1.54) is 0 Å². The highest BCUT2D eigenvalue weighted by atomic mass is 16.4. The fourth-order valence-electron chi connectivity index (χ4n) is 2.01. The van der Waals surface area contributed by atoms with Crippen molar-refractivity contribution < 1.29 is 30.0 Å². The standard InChI is InChI=1S/2C7H6O2.C7H16O2.C3H4/c2*8-7(9)6-4-2-1-3-5-6;1-3-4-7(9)5-6(2)8;1-3-2/h2*1-5H,(H,8,9);6-9H,3-5H2,1-2H3;1-2H2. The van der Waals surface area contributed by atoms with Crippen LogP contribution in [0.1, 0.15) is 53.8 Å². The van der Waals surface area contributed by atoms with Crippen molar-refractivity contribution in [2.45, 2.75) is 45.3 Å². The molecule has 6 nitrogen and oxygen atoms in total. The van der Waals surface area contributed by atoms with Crippen LogP contribution in [0.25, 0.3) is 0 Å². The Kier molecular flexibility index (Phi) is 18.5. The van der Waals surface area contributed by atoms with Crippen LogP contribution in [0.3, 0.4) is 0 Å². The molecule has 0 heterocycles. The minimum Gasteiger partial charge on any atom is -0.478 e. The molecule has 0 aliphatic heterocycles. The normalized spacial score (nSPS) is 10.8. The summed E-state index contributed by atoms with van der Waals surface area (Å²) in [6.07, 6.45) is 1.61. The van der Waals surface area contributed by atoms with Crippen molar-refractivity contribution in [3.8, 4) is 0 Å². The minimum atomic E-state index is -0.879. The molecule has 2 aromatic rings. The Balaban J connectivity index is 0. The van der Waals surface area contributed by atoms with E-state index in [4.69, 9.17) is 20.4 Å². The first-order valence-electron chi connectivity index (χ1n) is 9.41. The second-order valence-corrected chi connectivity index (χ2v) is 6.12. The van der Waals surface area contributed by atoms with Crippen molar-refractivity contribution in [3.63, 3.8) is 0 Å². The maximum absolute atomic E-state index is 10.2. The number of aliphatic hydroxyl groups is 2. The second-order valence-electron chi connectivity index (χ2n) is 6.12. The molecular formula is C24H32O6. The Morgan fingerprint density at radius 1 is 0.867 bits per heavy atom. The number of carboxylic acid groups (broad SMARTS) is 2. The smallest absolute Gasteiger partial charge is 0.335 e. The Hall–Kier alpha value is -3.18. The lowest BCUT2D eigenvalue weighted by Gasteiger charge is -2.09. The van der Waals surface area contributed by atoms with Crippen LogP contribution < -0.4 is 0 Å². The molecule has 2 atom stereocenters. The zero-order valence-corrected chi connectivity index (χ0v) is 17.6. The summed E-state index contributed by atoms with van der Waals surface area (Å²) >= 11 is 0. The SMILES string of the molecule is C=C=C.CCCC(O)CC(C)O.O=C(O)c1ccccc1.O=C(O)c1ccccc1. The number of carboxylic acids is 2. The predicted molar refractivity (Wildman–Crippen MR) is 119 cm³/mol. The van der Waals surface area contributed by atoms with Crippen LogP contribution in [-0.4, -0.2) is 44.6 Å². The van der Waals surface area contributed by atoms with Gasteiger partial charge in [-0.05, 0) is 44.0 Å². The first-order chi connectivity index (χ1) is 14.2. The van der Waals surface area contributed by atoms with Crippen LogP contribution in [0.5, 0.6) is 0 Å². The molecule has 0 radical (unpaired) electrons. The monoisotopic (exact) mass is 416 g/mol. The van der Waals surface area contributed by atoms with Crippen LogP contribution in [0.2, 0.25) is 0 Å².